The van der Waals surface area contributed by atoms with Gasteiger partial charge in [0.05, 0.1) is 5.75 Å². The van der Waals surface area contributed by atoms with E-state index in [-0.39, 0.29) is 29.0 Å². The van der Waals surface area contributed by atoms with E-state index in [1.54, 1.807) is 35.2 Å². The molecule has 2 aromatic rings. The maximum atomic E-state index is 13.3. The lowest BCUT2D eigenvalue weighted by atomic mass is 10.0. The van der Waals surface area contributed by atoms with Crippen LogP contribution in [0.1, 0.15) is 39.7 Å². The van der Waals surface area contributed by atoms with Crippen molar-refractivity contribution in [3.8, 4) is 0 Å². The summed E-state index contributed by atoms with van der Waals surface area (Å²) in [6.07, 6.45) is 0.219. The number of anilines is 1. The van der Waals surface area contributed by atoms with Crippen molar-refractivity contribution >= 4 is 35.4 Å². The number of hydrogen-bond acceptors (Lipinski definition) is 4. The zero-order valence-corrected chi connectivity index (χ0v) is 18.4. The summed E-state index contributed by atoms with van der Waals surface area (Å²) >= 11 is 1.49. The lowest BCUT2D eigenvalue weighted by molar-refractivity contribution is -0.115. The molecule has 1 unspecified atom stereocenters. The van der Waals surface area contributed by atoms with Crippen molar-refractivity contribution in [1.82, 2.24) is 10.2 Å². The molecule has 0 radical (unpaired) electrons. The van der Waals surface area contributed by atoms with Crippen LogP contribution in [0.2, 0.25) is 0 Å². The van der Waals surface area contributed by atoms with Crippen molar-refractivity contribution in [2.24, 2.45) is 0 Å². The fraction of sp³-hybridized carbons (Fsp3) is 0.348. The number of benzene rings is 2. The minimum absolute atomic E-state index is 0.0326. The van der Waals surface area contributed by atoms with E-state index in [1.165, 1.54) is 28.8 Å². The average molecular weight is 458 g/mol. The lowest BCUT2D eigenvalue weighted by Gasteiger charge is -2.30. The molecular weight excluding hydrogens is 433 g/mol. The Hall–Kier alpha value is -3.07. The number of likely N-dealkylation sites (tertiary alicyclic amines) is 1. The molecule has 2 aliphatic heterocycles. The minimum Gasteiger partial charge on any atom is -0.465 e. The third-order valence-electron chi connectivity index (χ3n) is 5.84. The van der Waals surface area contributed by atoms with Crippen molar-refractivity contribution in [3.63, 3.8) is 0 Å². The van der Waals surface area contributed by atoms with E-state index in [4.69, 9.17) is 5.11 Å². The molecule has 2 fully saturated rings. The summed E-state index contributed by atoms with van der Waals surface area (Å²) < 4.78 is 13.3. The van der Waals surface area contributed by atoms with Crippen molar-refractivity contribution in [1.29, 1.82) is 0 Å². The summed E-state index contributed by atoms with van der Waals surface area (Å²) in [5, 5.41) is 11.8. The summed E-state index contributed by atoms with van der Waals surface area (Å²) in [4.78, 5) is 39.5. The lowest BCUT2D eigenvalue weighted by Crippen LogP contribution is -2.46. The van der Waals surface area contributed by atoms with Gasteiger partial charge in [0.15, 0.2) is 0 Å². The number of rotatable bonds is 4. The monoisotopic (exact) mass is 457 g/mol. The Bertz CT molecular complexity index is 1040. The fourth-order valence-electron chi connectivity index (χ4n) is 4.11. The number of nitrogens with one attached hydrogen (secondary N) is 1. The molecule has 0 aliphatic carbocycles. The van der Waals surface area contributed by atoms with Crippen LogP contribution >= 0.6 is 11.8 Å². The van der Waals surface area contributed by atoms with E-state index in [0.29, 0.717) is 37.2 Å². The van der Waals surface area contributed by atoms with Gasteiger partial charge < -0.3 is 15.3 Å². The van der Waals surface area contributed by atoms with Gasteiger partial charge in [0.1, 0.15) is 11.2 Å². The first-order valence-electron chi connectivity index (χ1n) is 10.4. The molecule has 0 bridgehead atoms. The van der Waals surface area contributed by atoms with Crippen molar-refractivity contribution < 1.29 is 23.9 Å². The Morgan fingerprint density at radius 2 is 1.81 bits per heavy atom. The van der Waals surface area contributed by atoms with Gasteiger partial charge >= 0.3 is 6.09 Å². The topological polar surface area (TPSA) is 89.9 Å². The summed E-state index contributed by atoms with van der Waals surface area (Å²) in [7, 11) is 0. The number of thioether (sulfide) groups is 1. The van der Waals surface area contributed by atoms with Crippen LogP contribution in [0.15, 0.2) is 42.5 Å². The summed E-state index contributed by atoms with van der Waals surface area (Å²) in [6, 6.07) is 11.3. The Morgan fingerprint density at radius 1 is 1.12 bits per heavy atom. The Morgan fingerprint density at radius 3 is 2.44 bits per heavy atom. The molecule has 3 amide bonds. The van der Waals surface area contributed by atoms with Crippen LogP contribution in [0, 0.1) is 12.7 Å². The standard InChI is InChI=1S/C23H24FN3O4S/c1-14-12-16(21(29)25-18-8-10-26(11-9-18)23(30)31)4-7-19(14)27-20(28)13-32-22(27)15-2-5-17(24)6-3-15/h2-7,12,18,22H,8-11,13H2,1H3,(H,25,29)(H,30,31). The van der Waals surface area contributed by atoms with Crippen LogP contribution in [0.4, 0.5) is 14.9 Å². The number of aryl methyl sites for hydroxylation is 1. The normalized spacial score (nSPS) is 19.3. The second kappa shape index (κ2) is 9.20. The molecule has 7 nitrogen and oxygen atoms in total. The average Bonchev–Trinajstić information content (AvgIpc) is 3.15. The smallest absolute Gasteiger partial charge is 0.407 e. The zero-order valence-electron chi connectivity index (χ0n) is 17.6. The van der Waals surface area contributed by atoms with E-state index in [1.807, 2.05) is 6.92 Å². The van der Waals surface area contributed by atoms with Crippen molar-refractivity contribution in [2.75, 3.05) is 23.7 Å². The highest BCUT2D eigenvalue weighted by molar-refractivity contribution is 8.00. The highest BCUT2D eigenvalue weighted by Gasteiger charge is 2.35. The first kappa shape index (κ1) is 22.1. The number of amides is 3. The van der Waals surface area contributed by atoms with Crippen LogP contribution in [-0.2, 0) is 4.79 Å². The van der Waals surface area contributed by atoms with E-state index in [9.17, 15) is 18.8 Å². The largest absolute Gasteiger partial charge is 0.465 e. The van der Waals surface area contributed by atoms with Gasteiger partial charge in [0, 0.05) is 30.4 Å². The van der Waals surface area contributed by atoms with Gasteiger partial charge in [-0.1, -0.05) is 12.1 Å². The Labute approximate surface area is 189 Å². The molecule has 0 aromatic heterocycles. The summed E-state index contributed by atoms with van der Waals surface area (Å²) in [5.74, 6) is -0.242. The van der Waals surface area contributed by atoms with Gasteiger partial charge in [-0.15, -0.1) is 11.8 Å². The third kappa shape index (κ3) is 4.57. The summed E-state index contributed by atoms with van der Waals surface area (Å²) in [5.41, 5.74) is 2.85. The van der Waals surface area contributed by atoms with Crippen LogP contribution in [0.3, 0.4) is 0 Å². The molecule has 168 valence electrons. The predicted octanol–water partition coefficient (Wildman–Crippen LogP) is 3.78. The van der Waals surface area contributed by atoms with Crippen molar-refractivity contribution in [3.05, 3.63) is 65.0 Å². The number of hydrogen-bond donors (Lipinski definition) is 2. The molecule has 2 saturated heterocycles. The third-order valence-corrected chi connectivity index (χ3v) is 7.05. The Balaban J connectivity index is 1.47. The highest BCUT2D eigenvalue weighted by Crippen LogP contribution is 2.42. The van der Waals surface area contributed by atoms with E-state index < -0.39 is 6.09 Å². The molecule has 0 saturated carbocycles. The molecule has 9 heteroatoms. The zero-order chi connectivity index (χ0) is 22.8. The van der Waals surface area contributed by atoms with E-state index in [2.05, 4.69) is 5.32 Å². The minimum atomic E-state index is -0.936. The first-order valence-corrected chi connectivity index (χ1v) is 11.5. The second-order valence-corrected chi connectivity index (χ2v) is 9.07. The number of halogens is 1. The number of nitrogens with zero attached hydrogens (tertiary/aromatic N) is 2. The predicted molar refractivity (Wildman–Crippen MR) is 120 cm³/mol. The second-order valence-electron chi connectivity index (χ2n) is 8.00. The van der Waals surface area contributed by atoms with Crippen LogP contribution in [-0.4, -0.2) is 52.8 Å². The molecule has 2 aliphatic rings. The molecule has 2 aromatic carbocycles. The molecule has 4 rings (SSSR count). The Kier molecular flexibility index (Phi) is 6.36. The van der Waals surface area contributed by atoms with Gasteiger partial charge in [-0.25, -0.2) is 9.18 Å². The molecule has 1 atom stereocenters. The number of carbonyl (C=O) groups is 3. The van der Waals surface area contributed by atoms with Gasteiger partial charge in [0.2, 0.25) is 5.91 Å². The highest BCUT2D eigenvalue weighted by atomic mass is 32.2. The number of piperidine rings is 1. The SMILES string of the molecule is Cc1cc(C(=O)NC2CCN(C(=O)O)CC2)ccc1N1C(=O)CSC1c1ccc(F)cc1. The van der Waals surface area contributed by atoms with Gasteiger partial charge in [-0.05, 0) is 61.2 Å². The van der Waals surface area contributed by atoms with Gasteiger partial charge in [0.25, 0.3) is 5.91 Å². The van der Waals surface area contributed by atoms with E-state index >= 15 is 0 Å². The molecule has 2 N–H and O–H groups in total. The van der Waals surface area contributed by atoms with Gasteiger partial charge in [-0.3, -0.25) is 14.5 Å². The molecule has 2 heterocycles. The summed E-state index contributed by atoms with van der Waals surface area (Å²) in [6.45, 7) is 2.66. The van der Waals surface area contributed by atoms with E-state index in [0.717, 1.165) is 16.8 Å². The fourth-order valence-corrected chi connectivity index (χ4v) is 5.28. The van der Waals surface area contributed by atoms with Gasteiger partial charge in [-0.2, -0.15) is 0 Å². The molecule has 0 spiro atoms. The van der Waals surface area contributed by atoms with Crippen LogP contribution in [0.25, 0.3) is 0 Å². The maximum Gasteiger partial charge on any atom is 0.407 e. The number of carbonyl (C=O) groups excluding carboxylic acids is 2. The first-order chi connectivity index (χ1) is 15.3. The molecule has 32 heavy (non-hydrogen) atoms. The van der Waals surface area contributed by atoms with Crippen molar-refractivity contribution in [2.45, 2.75) is 31.2 Å². The molecular formula is C23H24FN3O4S. The maximum absolute atomic E-state index is 13.3. The number of carboxylic acid groups (broad SMARTS) is 1. The van der Waals surface area contributed by atoms with Crippen LogP contribution < -0.4 is 10.2 Å². The quantitative estimate of drug-likeness (QED) is 0.729. The van der Waals surface area contributed by atoms with Crippen LogP contribution in [0.5, 0.6) is 0 Å².